The average molecular weight is 1870 g/mol. The van der Waals surface area contributed by atoms with Crippen molar-refractivity contribution in [1.82, 2.24) is 53.9 Å². The van der Waals surface area contributed by atoms with E-state index >= 15 is 0 Å². The predicted octanol–water partition coefficient (Wildman–Crippen LogP) is 26.4. The lowest BCUT2D eigenvalue weighted by atomic mass is 9.72. The summed E-state index contributed by atoms with van der Waals surface area (Å²) < 4.78 is 137. The second-order valence-corrected chi connectivity index (χ2v) is 49.4. The van der Waals surface area contributed by atoms with Gasteiger partial charge in [0.05, 0.1) is 13.1 Å². The zero-order chi connectivity index (χ0) is 101. The summed E-state index contributed by atoms with van der Waals surface area (Å²) in [5.74, 6) is 1.72. The third-order valence-corrected chi connectivity index (χ3v) is 32.2. The van der Waals surface area contributed by atoms with Crippen LogP contribution in [-0.2, 0) is 0 Å². The van der Waals surface area contributed by atoms with Gasteiger partial charge in [-0.05, 0) is 292 Å². The molecule has 0 aromatic carbocycles. The molecule has 5 unspecified atom stereocenters. The monoisotopic (exact) mass is 1870 g/mol. The fourth-order valence-electron chi connectivity index (χ4n) is 19.2. The molecule has 0 amide bonds. The minimum absolute atomic E-state index is 0.0306. The van der Waals surface area contributed by atoms with Crippen LogP contribution in [0.5, 0.6) is 0 Å². The highest BCUT2D eigenvalue weighted by Crippen LogP contribution is 2.45. The average Bonchev–Trinajstić information content (AvgIpc) is 0.775. The molecule has 11 aliphatic heterocycles. The van der Waals surface area contributed by atoms with Crippen LogP contribution in [0, 0.1) is 106 Å². The topological polar surface area (TPSA) is 61.7 Å². The Morgan fingerprint density at radius 3 is 0.685 bits per heavy atom. The van der Waals surface area contributed by atoms with E-state index < -0.39 is 47.1 Å². The number of piperidine rings is 4. The summed E-state index contributed by atoms with van der Waals surface area (Å²) in [7, 11) is 0. The van der Waals surface area contributed by atoms with E-state index in [2.05, 4.69) is 207 Å². The number of halogens is 10. The highest BCUT2D eigenvalue weighted by Gasteiger charge is 2.52. The first-order chi connectivity index (χ1) is 59.0. The molecule has 130 heavy (non-hydrogen) atoms. The second kappa shape index (κ2) is 55.3. The van der Waals surface area contributed by atoms with Crippen molar-refractivity contribution in [3.63, 3.8) is 0 Å². The number of rotatable bonds is 22. The first-order valence-corrected chi connectivity index (χ1v) is 52.9. The van der Waals surface area contributed by atoms with E-state index in [-0.39, 0.29) is 91.1 Å². The SMILES string of the molecule is CC(C)C1CCN(C(C)C)C(F)(F)C1.CC(C)C1CCN(C(C)C)C(F)(F)C1.CC(C)C1CCN(C(C)C)CC1(F)F.CC(C)C1CCN(C(C)C)CC1(F)F.CC(C)C1CCN1C(C)C.CC(C)C1CN(C(C)C)C1.CC(C)C1CN(C(C)C)C1.CC(C)N1CC(C)(C(C)C)C1.CC(C)N1CC(F)(C(C)C)C1.CC(C)N1CC(F)(C(C)C)C1.CC(C)N1CC(N)(C(C)C)C1. The van der Waals surface area contributed by atoms with Gasteiger partial charge >= 0.3 is 12.1 Å². The van der Waals surface area contributed by atoms with E-state index in [1.165, 1.54) is 62.0 Å². The Morgan fingerprint density at radius 2 is 0.508 bits per heavy atom. The normalized spacial score (nSPS) is 26.1. The van der Waals surface area contributed by atoms with E-state index in [0.717, 1.165) is 105 Å². The van der Waals surface area contributed by atoms with Gasteiger partial charge < -0.3 is 15.5 Å². The summed E-state index contributed by atoms with van der Waals surface area (Å²) in [5, 5.41) is 0. The number of hydrogen-bond donors (Lipinski definition) is 1. The van der Waals surface area contributed by atoms with Gasteiger partial charge in [-0.15, -0.1) is 0 Å². The van der Waals surface area contributed by atoms with Crippen LogP contribution < -0.4 is 5.73 Å². The molecular formula is C108H218F10N12. The van der Waals surface area contributed by atoms with Crippen LogP contribution in [-0.4, -0.2) is 292 Å². The van der Waals surface area contributed by atoms with Crippen molar-refractivity contribution in [2.45, 2.75) is 470 Å². The number of hydrogen-bond acceptors (Lipinski definition) is 12. The number of nitrogens with two attached hydrogens (primary N) is 1. The van der Waals surface area contributed by atoms with Gasteiger partial charge in [-0.25, -0.2) is 36.1 Å². The molecule has 11 saturated heterocycles. The Labute approximate surface area is 799 Å². The van der Waals surface area contributed by atoms with Crippen molar-refractivity contribution in [3.8, 4) is 0 Å². The molecule has 11 heterocycles. The van der Waals surface area contributed by atoms with Crippen LogP contribution in [0.3, 0.4) is 0 Å². The molecule has 22 heteroatoms. The molecule has 2 N–H and O–H groups in total. The van der Waals surface area contributed by atoms with Crippen molar-refractivity contribution in [2.75, 3.05) is 124 Å². The predicted molar refractivity (Wildman–Crippen MR) is 542 cm³/mol. The van der Waals surface area contributed by atoms with Crippen molar-refractivity contribution >= 4 is 0 Å². The fraction of sp³-hybridized carbons (Fsp3) is 1.00. The van der Waals surface area contributed by atoms with Gasteiger partial charge in [0.1, 0.15) is 11.3 Å². The lowest BCUT2D eigenvalue weighted by molar-refractivity contribution is -0.196. The Morgan fingerprint density at radius 1 is 0.238 bits per heavy atom. The highest BCUT2D eigenvalue weighted by molar-refractivity contribution is 5.04. The molecule has 0 saturated carbocycles. The lowest BCUT2D eigenvalue weighted by Crippen LogP contribution is -2.71. The Bertz CT molecular complexity index is 2580. The molecule has 0 bridgehead atoms. The first kappa shape index (κ1) is 127. The molecular weight excluding hydrogens is 1660 g/mol. The van der Waals surface area contributed by atoms with Gasteiger partial charge in [0.25, 0.3) is 11.8 Å². The van der Waals surface area contributed by atoms with Crippen LogP contribution >= 0.6 is 0 Å². The van der Waals surface area contributed by atoms with Gasteiger partial charge in [0, 0.05) is 201 Å². The molecule has 12 nitrogen and oxygen atoms in total. The van der Waals surface area contributed by atoms with Gasteiger partial charge in [-0.1, -0.05) is 159 Å². The summed E-state index contributed by atoms with van der Waals surface area (Å²) in [4.78, 5) is 23.3. The van der Waals surface area contributed by atoms with Gasteiger partial charge in [0.15, 0.2) is 0 Å². The molecule has 0 aliphatic carbocycles. The third kappa shape index (κ3) is 40.1. The van der Waals surface area contributed by atoms with Crippen LogP contribution in [0.2, 0.25) is 0 Å². The largest absolute Gasteiger partial charge is 0.323 e. The maximum absolute atomic E-state index is 13.7. The van der Waals surface area contributed by atoms with Crippen molar-refractivity contribution in [2.24, 2.45) is 112 Å². The smallest absolute Gasteiger partial charge is 0.305 e. The molecule has 0 aromatic heterocycles. The van der Waals surface area contributed by atoms with Crippen LogP contribution in [0.1, 0.15) is 357 Å². The van der Waals surface area contributed by atoms with Crippen LogP contribution in [0.25, 0.3) is 0 Å². The maximum atomic E-state index is 13.7. The Balaban J connectivity index is 0.000000717. The number of likely N-dealkylation sites (tertiary alicyclic amines) is 11. The summed E-state index contributed by atoms with van der Waals surface area (Å²) in [5.41, 5.74) is 5.04. The summed E-state index contributed by atoms with van der Waals surface area (Å²) in [6.07, 6.45) is 4.55. The molecule has 11 aliphatic rings. The lowest BCUT2D eigenvalue weighted by Gasteiger charge is -2.52. The van der Waals surface area contributed by atoms with Crippen molar-refractivity contribution in [3.05, 3.63) is 0 Å². The summed E-state index contributed by atoms with van der Waals surface area (Å²) in [6, 6.07) is 0.691. The fourth-order valence-corrected chi connectivity index (χ4v) is 19.2. The molecule has 0 radical (unpaired) electrons. The first-order valence-electron chi connectivity index (χ1n) is 52.9. The number of nitrogens with zero attached hydrogens (tertiary/aromatic N) is 11. The molecule has 11 rings (SSSR count). The Hall–Kier alpha value is -1.18. The second-order valence-electron chi connectivity index (χ2n) is 49.4. The number of alkyl halides is 10. The van der Waals surface area contributed by atoms with Gasteiger partial charge in [0.2, 0.25) is 0 Å². The van der Waals surface area contributed by atoms with E-state index in [1.54, 1.807) is 0 Å². The van der Waals surface area contributed by atoms with E-state index in [1.807, 2.05) is 148 Å². The van der Waals surface area contributed by atoms with E-state index in [4.69, 9.17) is 5.73 Å². The summed E-state index contributed by atoms with van der Waals surface area (Å²) in [6.45, 7) is 112. The minimum Gasteiger partial charge on any atom is -0.323 e. The molecule has 780 valence electrons. The molecule has 5 atom stereocenters. The maximum Gasteiger partial charge on any atom is 0.305 e. The van der Waals surface area contributed by atoms with E-state index in [9.17, 15) is 43.9 Å². The Kier molecular flexibility index (Phi) is 53.9. The zero-order valence-electron chi connectivity index (χ0n) is 93.4. The van der Waals surface area contributed by atoms with Crippen molar-refractivity contribution < 1.29 is 43.9 Å². The van der Waals surface area contributed by atoms with Crippen LogP contribution in [0.4, 0.5) is 43.9 Å². The van der Waals surface area contributed by atoms with Gasteiger partial charge in [-0.3, -0.25) is 34.3 Å². The molecule has 0 aromatic rings. The van der Waals surface area contributed by atoms with Crippen LogP contribution in [0.15, 0.2) is 0 Å². The van der Waals surface area contributed by atoms with E-state index in [0.29, 0.717) is 93.4 Å². The van der Waals surface area contributed by atoms with Crippen molar-refractivity contribution in [1.29, 1.82) is 0 Å². The minimum atomic E-state index is -2.60. The highest BCUT2D eigenvalue weighted by atomic mass is 19.3. The molecule has 0 spiro atoms. The van der Waals surface area contributed by atoms with Gasteiger partial charge in [-0.2, -0.15) is 17.6 Å². The standard InChI is InChI=1S/4C11H21F2N.C10H21N.2C9H18FN.C9H20N2.3C9H19N/c2*1-8(2)10-5-6-14(9(3)4)7-11(10,12)13;2*1-8(2)10-5-6-14(9(3)4)11(12,13)7-10;1-8(2)10(5)6-11(7-10)9(3)4;3*1-7(2)9(10)5-11(6-9)8(3)4;2*1-7(2)9-5-10(6-9)8(3)4;1-7(2)9-5-6-10(9)8(3)4/h4*8-10H,5-7H2,1-4H3;8-9H,6-7H2,1-5H3;2*7-8H,5-6H2,1-4H3;7-8H,5-6,10H2,1-4H3;3*7-9H,5-6H2,1-4H3. The quantitative estimate of drug-likeness (QED) is 0.0830. The third-order valence-electron chi connectivity index (χ3n) is 32.2. The summed E-state index contributed by atoms with van der Waals surface area (Å²) >= 11 is 0. The zero-order valence-corrected chi connectivity index (χ0v) is 93.4. The molecule has 11 fully saturated rings.